The number of nitrogens with one attached hydrogen (secondary N) is 2. The molecule has 0 radical (unpaired) electrons. The molecule has 0 atom stereocenters. The van der Waals surface area contributed by atoms with Crippen molar-refractivity contribution in [2.24, 2.45) is 0 Å². The van der Waals surface area contributed by atoms with E-state index >= 15 is 0 Å². The first-order chi connectivity index (χ1) is 11.1. The van der Waals surface area contributed by atoms with Crippen LogP contribution in [0.25, 0.3) is 5.69 Å². The maximum Gasteiger partial charge on any atom is 0.319 e. The van der Waals surface area contributed by atoms with Gasteiger partial charge >= 0.3 is 6.03 Å². The maximum absolute atomic E-state index is 13.5. The third-order valence-corrected chi connectivity index (χ3v) is 4.07. The number of hydrogen-bond acceptors (Lipinski definition) is 3. The number of amides is 2. The summed E-state index contributed by atoms with van der Waals surface area (Å²) in [6.07, 6.45) is 6.61. The van der Waals surface area contributed by atoms with Crippen molar-refractivity contribution < 1.29 is 14.3 Å². The van der Waals surface area contributed by atoms with Gasteiger partial charge in [-0.2, -0.15) is 5.10 Å². The summed E-state index contributed by atoms with van der Waals surface area (Å²) in [5.74, 6) is -0.453. The Hall–Kier alpha value is -2.41. The summed E-state index contributed by atoms with van der Waals surface area (Å²) in [6, 6.07) is 5.34. The third kappa shape index (κ3) is 3.68. The Bertz CT molecular complexity index is 681. The summed E-state index contributed by atoms with van der Waals surface area (Å²) in [5, 5.41) is 19.6. The Morgan fingerprint density at radius 1 is 1.39 bits per heavy atom. The molecule has 3 rings (SSSR count). The monoisotopic (exact) mass is 318 g/mol. The smallest absolute Gasteiger partial charge is 0.319 e. The normalized spacial score (nSPS) is 16.3. The van der Waals surface area contributed by atoms with Gasteiger partial charge in [0.15, 0.2) is 0 Å². The van der Waals surface area contributed by atoms with E-state index in [4.69, 9.17) is 0 Å². The Morgan fingerprint density at radius 3 is 2.87 bits per heavy atom. The first kappa shape index (κ1) is 15.5. The number of carbonyl (C=O) groups is 1. The highest BCUT2D eigenvalue weighted by atomic mass is 19.1. The highest BCUT2D eigenvalue weighted by molar-refractivity contribution is 5.91. The van der Waals surface area contributed by atoms with Crippen LogP contribution in [0, 0.1) is 5.82 Å². The summed E-state index contributed by atoms with van der Waals surface area (Å²) in [4.78, 5) is 12.1. The molecule has 2 aromatic rings. The van der Waals surface area contributed by atoms with Gasteiger partial charge in [-0.05, 0) is 37.1 Å². The molecule has 3 N–H and O–H groups in total. The average Bonchev–Trinajstić information content (AvgIpc) is 3.18. The van der Waals surface area contributed by atoms with Crippen molar-refractivity contribution in [1.29, 1.82) is 0 Å². The van der Waals surface area contributed by atoms with Gasteiger partial charge in [-0.15, -0.1) is 0 Å². The summed E-state index contributed by atoms with van der Waals surface area (Å²) in [5.41, 5.74) is 0.0418. The number of aromatic nitrogens is 2. The van der Waals surface area contributed by atoms with Crippen molar-refractivity contribution in [2.45, 2.75) is 31.3 Å². The van der Waals surface area contributed by atoms with Crippen molar-refractivity contribution in [1.82, 2.24) is 15.1 Å². The lowest BCUT2D eigenvalue weighted by Crippen LogP contribution is -2.42. The van der Waals surface area contributed by atoms with Crippen LogP contribution in [-0.2, 0) is 0 Å². The number of urea groups is 1. The predicted octanol–water partition coefficient (Wildman–Crippen LogP) is 2.44. The molecule has 1 aliphatic rings. The second-order valence-electron chi connectivity index (χ2n) is 5.85. The Kier molecular flexibility index (Phi) is 4.29. The lowest BCUT2D eigenvalue weighted by molar-refractivity contribution is 0.0506. The zero-order chi connectivity index (χ0) is 16.3. The number of nitrogens with zero attached hydrogens (tertiary/aromatic N) is 2. The van der Waals surface area contributed by atoms with Gasteiger partial charge in [0.25, 0.3) is 0 Å². The first-order valence-corrected chi connectivity index (χ1v) is 7.63. The van der Waals surface area contributed by atoms with Crippen LogP contribution in [0.5, 0.6) is 0 Å². The minimum absolute atomic E-state index is 0.186. The topological polar surface area (TPSA) is 79.2 Å². The SMILES string of the molecule is O=C(NCC1(O)CCCC1)Nc1cc(F)ccc1-n1cccn1. The second-order valence-corrected chi connectivity index (χ2v) is 5.85. The van der Waals surface area contributed by atoms with E-state index in [0.29, 0.717) is 24.2 Å². The third-order valence-electron chi connectivity index (χ3n) is 4.07. The van der Waals surface area contributed by atoms with Crippen LogP contribution in [0.15, 0.2) is 36.7 Å². The molecule has 1 aromatic carbocycles. The van der Waals surface area contributed by atoms with E-state index in [2.05, 4.69) is 15.7 Å². The van der Waals surface area contributed by atoms with Crippen molar-refractivity contribution in [3.8, 4) is 5.69 Å². The van der Waals surface area contributed by atoms with Gasteiger partial charge in [0.1, 0.15) is 5.82 Å². The number of anilines is 1. The van der Waals surface area contributed by atoms with Crippen LogP contribution in [0.1, 0.15) is 25.7 Å². The lowest BCUT2D eigenvalue weighted by atomic mass is 10.0. The molecule has 122 valence electrons. The molecule has 6 nitrogen and oxygen atoms in total. The van der Waals surface area contributed by atoms with E-state index in [1.54, 1.807) is 29.2 Å². The van der Waals surface area contributed by atoms with E-state index < -0.39 is 17.4 Å². The van der Waals surface area contributed by atoms with Gasteiger partial charge < -0.3 is 15.7 Å². The fourth-order valence-corrected chi connectivity index (χ4v) is 2.84. The first-order valence-electron chi connectivity index (χ1n) is 7.63. The van der Waals surface area contributed by atoms with Crippen LogP contribution >= 0.6 is 0 Å². The molecule has 1 saturated carbocycles. The zero-order valence-electron chi connectivity index (χ0n) is 12.6. The van der Waals surface area contributed by atoms with Gasteiger partial charge in [0, 0.05) is 18.9 Å². The molecule has 1 aliphatic carbocycles. The molecule has 7 heteroatoms. The second kappa shape index (κ2) is 6.37. The fourth-order valence-electron chi connectivity index (χ4n) is 2.84. The molecular formula is C16H19FN4O2. The number of halogens is 1. The molecule has 0 bridgehead atoms. The van der Waals surface area contributed by atoms with E-state index in [0.717, 1.165) is 12.8 Å². The van der Waals surface area contributed by atoms with Gasteiger partial charge in [-0.25, -0.2) is 13.9 Å². The van der Waals surface area contributed by atoms with Crippen molar-refractivity contribution in [3.63, 3.8) is 0 Å². The van der Waals surface area contributed by atoms with Gasteiger partial charge in [0.05, 0.1) is 17.0 Å². The Labute approximate surface area is 133 Å². The molecule has 1 heterocycles. The summed E-state index contributed by atoms with van der Waals surface area (Å²) in [6.45, 7) is 0.186. The number of carbonyl (C=O) groups excluding carboxylic acids is 1. The van der Waals surface area contributed by atoms with Crippen LogP contribution in [-0.4, -0.2) is 33.1 Å². The minimum atomic E-state index is -0.829. The van der Waals surface area contributed by atoms with E-state index in [1.165, 1.54) is 12.1 Å². The molecule has 0 saturated heterocycles. The fraction of sp³-hybridized carbons (Fsp3) is 0.375. The molecule has 1 fully saturated rings. The molecule has 2 amide bonds. The zero-order valence-corrected chi connectivity index (χ0v) is 12.6. The van der Waals surface area contributed by atoms with Crippen LogP contribution in [0.4, 0.5) is 14.9 Å². The number of rotatable bonds is 4. The van der Waals surface area contributed by atoms with Crippen LogP contribution in [0.3, 0.4) is 0 Å². The summed E-state index contributed by atoms with van der Waals surface area (Å²) < 4.78 is 15.0. The number of benzene rings is 1. The quantitative estimate of drug-likeness (QED) is 0.810. The highest BCUT2D eigenvalue weighted by Gasteiger charge is 2.31. The molecule has 0 spiro atoms. The van der Waals surface area contributed by atoms with Crippen molar-refractivity contribution in [2.75, 3.05) is 11.9 Å². The molecular weight excluding hydrogens is 299 g/mol. The van der Waals surface area contributed by atoms with Crippen molar-refractivity contribution >= 4 is 11.7 Å². The maximum atomic E-state index is 13.5. The highest BCUT2D eigenvalue weighted by Crippen LogP contribution is 2.28. The van der Waals surface area contributed by atoms with Crippen LogP contribution in [0.2, 0.25) is 0 Å². The van der Waals surface area contributed by atoms with Gasteiger partial charge in [-0.3, -0.25) is 0 Å². The minimum Gasteiger partial charge on any atom is -0.388 e. The standard InChI is InChI=1S/C16H19FN4O2/c17-12-4-5-14(21-9-3-8-19-21)13(10-12)20-15(22)18-11-16(23)6-1-2-7-16/h3-5,8-10,23H,1-2,6-7,11H2,(H2,18,20,22). The largest absolute Gasteiger partial charge is 0.388 e. The van der Waals surface area contributed by atoms with E-state index in [9.17, 15) is 14.3 Å². The number of aliphatic hydroxyl groups is 1. The summed E-state index contributed by atoms with van der Waals surface area (Å²) in [7, 11) is 0. The van der Waals surface area contributed by atoms with E-state index in [-0.39, 0.29) is 6.54 Å². The number of hydrogen-bond donors (Lipinski definition) is 3. The van der Waals surface area contributed by atoms with Crippen LogP contribution < -0.4 is 10.6 Å². The predicted molar refractivity (Wildman–Crippen MR) is 84.0 cm³/mol. The average molecular weight is 318 g/mol. The van der Waals surface area contributed by atoms with Gasteiger partial charge in [-0.1, -0.05) is 12.8 Å². The summed E-state index contributed by atoms with van der Waals surface area (Å²) >= 11 is 0. The van der Waals surface area contributed by atoms with Crippen molar-refractivity contribution in [3.05, 3.63) is 42.5 Å². The Morgan fingerprint density at radius 2 is 2.17 bits per heavy atom. The van der Waals surface area contributed by atoms with E-state index in [1.807, 2.05) is 0 Å². The lowest BCUT2D eigenvalue weighted by Gasteiger charge is -2.22. The molecule has 0 aliphatic heterocycles. The van der Waals surface area contributed by atoms with Gasteiger partial charge in [0.2, 0.25) is 0 Å². The molecule has 0 unspecified atom stereocenters. The molecule has 23 heavy (non-hydrogen) atoms. The molecule has 1 aromatic heterocycles. The Balaban J connectivity index is 1.69.